The maximum absolute atomic E-state index is 10.9. The van der Waals surface area contributed by atoms with Gasteiger partial charge in [-0.15, -0.1) is 0 Å². The van der Waals surface area contributed by atoms with Crippen molar-refractivity contribution in [3.8, 4) is 0 Å². The molecule has 2 nitrogen and oxygen atoms in total. The summed E-state index contributed by atoms with van der Waals surface area (Å²) in [6.07, 6.45) is 7.97. The molecule has 0 amide bonds. The van der Waals surface area contributed by atoms with Crippen molar-refractivity contribution in [1.29, 1.82) is 0 Å². The topological polar surface area (TPSA) is 22.0 Å². The minimum absolute atomic E-state index is 0.424. The standard InChI is InChI=1S/C13H19NO/c1-13(2)7-3-5-11(9-13)14-8-4-6-12(14)10-15/h4,6,8,10-11H,3,5,7,9H2,1-2H3. The van der Waals surface area contributed by atoms with Crippen LogP contribution in [0.2, 0.25) is 0 Å². The van der Waals surface area contributed by atoms with E-state index in [-0.39, 0.29) is 0 Å². The zero-order valence-corrected chi connectivity index (χ0v) is 9.57. The molecule has 15 heavy (non-hydrogen) atoms. The third kappa shape index (κ3) is 2.14. The summed E-state index contributed by atoms with van der Waals surface area (Å²) in [7, 11) is 0. The lowest BCUT2D eigenvalue weighted by Gasteiger charge is -2.36. The van der Waals surface area contributed by atoms with Gasteiger partial charge in [0.1, 0.15) is 0 Å². The summed E-state index contributed by atoms with van der Waals surface area (Å²) in [5.74, 6) is 0. The van der Waals surface area contributed by atoms with Crippen LogP contribution in [-0.4, -0.2) is 10.9 Å². The molecular formula is C13H19NO. The maximum atomic E-state index is 10.9. The molecule has 82 valence electrons. The van der Waals surface area contributed by atoms with Gasteiger partial charge in [-0.2, -0.15) is 0 Å². The van der Waals surface area contributed by atoms with Crippen molar-refractivity contribution in [2.75, 3.05) is 0 Å². The van der Waals surface area contributed by atoms with Gasteiger partial charge in [0, 0.05) is 12.2 Å². The van der Waals surface area contributed by atoms with Crippen LogP contribution in [0.3, 0.4) is 0 Å². The lowest BCUT2D eigenvalue weighted by molar-refractivity contribution is 0.110. The summed E-state index contributed by atoms with van der Waals surface area (Å²) in [4.78, 5) is 10.9. The lowest BCUT2D eigenvalue weighted by atomic mass is 9.75. The Morgan fingerprint density at radius 2 is 2.33 bits per heavy atom. The SMILES string of the molecule is CC1(C)CCCC(n2cccc2C=O)C1. The van der Waals surface area contributed by atoms with Gasteiger partial charge in [0.15, 0.2) is 6.29 Å². The fraction of sp³-hybridized carbons (Fsp3) is 0.615. The Morgan fingerprint density at radius 1 is 1.53 bits per heavy atom. The monoisotopic (exact) mass is 205 g/mol. The molecular weight excluding hydrogens is 186 g/mol. The zero-order chi connectivity index (χ0) is 10.9. The van der Waals surface area contributed by atoms with Crippen molar-refractivity contribution >= 4 is 6.29 Å². The van der Waals surface area contributed by atoms with E-state index in [1.807, 2.05) is 18.3 Å². The molecule has 2 rings (SSSR count). The molecule has 1 aliphatic rings. The Labute approximate surface area is 91.3 Å². The fourth-order valence-corrected chi connectivity index (χ4v) is 2.73. The molecule has 0 spiro atoms. The van der Waals surface area contributed by atoms with Crippen LogP contribution >= 0.6 is 0 Å². The molecule has 1 aromatic heterocycles. The minimum atomic E-state index is 0.424. The molecule has 1 aliphatic carbocycles. The second-order valence-corrected chi connectivity index (χ2v) is 5.37. The Balaban J connectivity index is 2.20. The van der Waals surface area contributed by atoms with Crippen molar-refractivity contribution in [1.82, 2.24) is 4.57 Å². The van der Waals surface area contributed by atoms with Crippen molar-refractivity contribution in [2.45, 2.75) is 45.6 Å². The van der Waals surface area contributed by atoms with E-state index in [4.69, 9.17) is 0 Å². The maximum Gasteiger partial charge on any atom is 0.166 e. The van der Waals surface area contributed by atoms with Crippen LogP contribution in [0.15, 0.2) is 18.3 Å². The number of aldehydes is 1. The molecule has 1 unspecified atom stereocenters. The number of aromatic nitrogens is 1. The summed E-state index contributed by atoms with van der Waals surface area (Å²) in [5.41, 5.74) is 1.24. The third-order valence-corrected chi connectivity index (χ3v) is 3.51. The summed E-state index contributed by atoms with van der Waals surface area (Å²) in [6.45, 7) is 4.65. The molecule has 0 radical (unpaired) electrons. The summed E-state index contributed by atoms with van der Waals surface area (Å²) < 4.78 is 2.15. The van der Waals surface area contributed by atoms with E-state index in [0.29, 0.717) is 11.5 Å². The molecule has 0 aromatic carbocycles. The van der Waals surface area contributed by atoms with Gasteiger partial charge in [0.05, 0.1) is 5.69 Å². The highest BCUT2D eigenvalue weighted by Crippen LogP contribution is 2.41. The van der Waals surface area contributed by atoms with E-state index in [1.54, 1.807) is 0 Å². The number of rotatable bonds is 2. The van der Waals surface area contributed by atoms with Gasteiger partial charge < -0.3 is 4.57 Å². The van der Waals surface area contributed by atoms with Gasteiger partial charge >= 0.3 is 0 Å². The number of carbonyl (C=O) groups excluding carboxylic acids is 1. The first-order valence-corrected chi connectivity index (χ1v) is 5.74. The molecule has 0 aliphatic heterocycles. The summed E-state index contributed by atoms with van der Waals surface area (Å²) in [6, 6.07) is 4.38. The average Bonchev–Trinajstić information content (AvgIpc) is 2.63. The number of hydrogen-bond acceptors (Lipinski definition) is 1. The summed E-state index contributed by atoms with van der Waals surface area (Å²) in [5, 5.41) is 0. The molecule has 1 saturated carbocycles. The number of hydrogen-bond donors (Lipinski definition) is 0. The van der Waals surface area contributed by atoms with Crippen molar-refractivity contribution in [3.05, 3.63) is 24.0 Å². The van der Waals surface area contributed by atoms with E-state index < -0.39 is 0 Å². The van der Waals surface area contributed by atoms with E-state index in [0.717, 1.165) is 12.0 Å². The highest BCUT2D eigenvalue weighted by atomic mass is 16.1. The molecule has 1 heterocycles. The molecule has 1 fully saturated rings. The molecule has 0 N–H and O–H groups in total. The van der Waals surface area contributed by atoms with Crippen LogP contribution < -0.4 is 0 Å². The van der Waals surface area contributed by atoms with Crippen molar-refractivity contribution in [2.24, 2.45) is 5.41 Å². The normalized spacial score (nSPS) is 25.1. The van der Waals surface area contributed by atoms with Gasteiger partial charge in [-0.1, -0.05) is 20.3 Å². The molecule has 2 heteroatoms. The Hall–Kier alpha value is -1.05. The van der Waals surface area contributed by atoms with E-state index >= 15 is 0 Å². The highest BCUT2D eigenvalue weighted by molar-refractivity contribution is 5.72. The second kappa shape index (κ2) is 3.84. The van der Waals surface area contributed by atoms with E-state index in [9.17, 15) is 4.79 Å². The summed E-state index contributed by atoms with van der Waals surface area (Å²) >= 11 is 0. The van der Waals surface area contributed by atoms with Crippen LogP contribution in [0.25, 0.3) is 0 Å². The lowest BCUT2D eigenvalue weighted by Crippen LogP contribution is -2.25. The Bertz CT molecular complexity index is 351. The highest BCUT2D eigenvalue weighted by Gasteiger charge is 2.29. The van der Waals surface area contributed by atoms with Crippen molar-refractivity contribution in [3.63, 3.8) is 0 Å². The van der Waals surface area contributed by atoms with E-state index in [1.165, 1.54) is 25.7 Å². The predicted octanol–water partition coefficient (Wildman–Crippen LogP) is 3.44. The third-order valence-electron chi connectivity index (χ3n) is 3.51. The minimum Gasteiger partial charge on any atom is -0.342 e. The fourth-order valence-electron chi connectivity index (χ4n) is 2.73. The Morgan fingerprint density at radius 3 is 3.00 bits per heavy atom. The molecule has 0 saturated heterocycles. The average molecular weight is 205 g/mol. The molecule has 1 aromatic rings. The van der Waals surface area contributed by atoms with Crippen LogP contribution in [-0.2, 0) is 0 Å². The largest absolute Gasteiger partial charge is 0.342 e. The Kier molecular flexibility index (Phi) is 2.68. The predicted molar refractivity (Wildman–Crippen MR) is 61.1 cm³/mol. The van der Waals surface area contributed by atoms with Crippen LogP contribution in [0.1, 0.15) is 56.1 Å². The second-order valence-electron chi connectivity index (χ2n) is 5.37. The van der Waals surface area contributed by atoms with Crippen LogP contribution in [0.4, 0.5) is 0 Å². The zero-order valence-electron chi connectivity index (χ0n) is 9.57. The van der Waals surface area contributed by atoms with Crippen molar-refractivity contribution < 1.29 is 4.79 Å². The van der Waals surface area contributed by atoms with Gasteiger partial charge in [-0.05, 0) is 36.8 Å². The quantitative estimate of drug-likeness (QED) is 0.678. The first kappa shape index (κ1) is 10.5. The molecule has 0 bridgehead atoms. The first-order valence-electron chi connectivity index (χ1n) is 5.74. The van der Waals surface area contributed by atoms with Crippen LogP contribution in [0, 0.1) is 5.41 Å². The van der Waals surface area contributed by atoms with Gasteiger partial charge in [0.2, 0.25) is 0 Å². The van der Waals surface area contributed by atoms with Gasteiger partial charge in [-0.25, -0.2) is 0 Å². The number of carbonyl (C=O) groups is 1. The van der Waals surface area contributed by atoms with Gasteiger partial charge in [-0.3, -0.25) is 4.79 Å². The van der Waals surface area contributed by atoms with E-state index in [2.05, 4.69) is 18.4 Å². The first-order chi connectivity index (χ1) is 7.12. The smallest absolute Gasteiger partial charge is 0.166 e. The molecule has 1 atom stereocenters. The number of nitrogens with zero attached hydrogens (tertiary/aromatic N) is 1. The van der Waals surface area contributed by atoms with Gasteiger partial charge in [0.25, 0.3) is 0 Å². The van der Waals surface area contributed by atoms with Crippen LogP contribution in [0.5, 0.6) is 0 Å².